The average molecular weight is 395 g/mol. The lowest BCUT2D eigenvalue weighted by atomic mass is 10.0. The maximum Gasteiger partial charge on any atom is 0.313 e. The summed E-state index contributed by atoms with van der Waals surface area (Å²) in [7, 11) is -4.25. The molecule has 1 atom stereocenters. The van der Waals surface area contributed by atoms with Crippen molar-refractivity contribution >= 4 is 15.9 Å². The van der Waals surface area contributed by atoms with Crippen LogP contribution in [0.25, 0.3) is 0 Å². The second kappa shape index (κ2) is 6.99. The summed E-state index contributed by atoms with van der Waals surface area (Å²) in [4.78, 5) is 12.5. The molecule has 0 radical (unpaired) electrons. The molecular weight excluding hydrogens is 380 g/mol. The lowest BCUT2D eigenvalue weighted by Gasteiger charge is -2.10. The number of carbonyl (C=O) groups is 1. The minimum Gasteiger partial charge on any atom is -0.460 e. The zero-order valence-electron chi connectivity index (χ0n) is 14.1. The summed E-state index contributed by atoms with van der Waals surface area (Å²) < 4.78 is 61.1. The van der Waals surface area contributed by atoms with Crippen molar-refractivity contribution in [1.82, 2.24) is 0 Å². The fraction of sp³-hybridized carbons (Fsp3) is 0.167. The maximum absolute atomic E-state index is 13.7. The number of Topliss-reactive ketones (excluding diaryl/α,β-unsaturated/α-hetero) is 1. The quantitative estimate of drug-likeness (QED) is 0.782. The molecule has 2 N–H and O–H groups in total. The highest BCUT2D eigenvalue weighted by atomic mass is 32.2. The molecule has 0 bridgehead atoms. The van der Waals surface area contributed by atoms with Crippen molar-refractivity contribution in [2.24, 2.45) is 5.73 Å². The Morgan fingerprint density at radius 2 is 1.81 bits per heavy atom. The third kappa shape index (κ3) is 4.08. The molecule has 0 amide bonds. The predicted octanol–water partition coefficient (Wildman–Crippen LogP) is 2.59. The lowest BCUT2D eigenvalue weighted by Crippen LogP contribution is -2.16. The number of hydrogen-bond acceptors (Lipinski definition) is 6. The first-order valence-corrected chi connectivity index (χ1v) is 9.37. The topological polar surface area (TPSA) is 95.7 Å². The third-order valence-electron chi connectivity index (χ3n) is 3.90. The number of nitrogens with two attached hydrogens (primary N) is 1. The highest BCUT2D eigenvalue weighted by Crippen LogP contribution is 2.33. The van der Waals surface area contributed by atoms with Crippen LogP contribution in [0.15, 0.2) is 54.1 Å². The number of aryl methyl sites for hydroxylation is 1. The number of rotatable bonds is 5. The van der Waals surface area contributed by atoms with Gasteiger partial charge in [-0.25, -0.2) is 8.78 Å². The standard InChI is InChI=1S/C18H15F2NO5S/c1-10-2-5-12(8-14(10)20)16-15(22)17(18(21)25-16)26-27(23,24)9-11-3-6-13(19)7-4-11/h2-8,16H,9,21H2,1H3. The normalized spacial score (nSPS) is 17.1. The Balaban J connectivity index is 1.78. The van der Waals surface area contributed by atoms with E-state index in [1.165, 1.54) is 24.3 Å². The SMILES string of the molecule is Cc1ccc(C2OC(N)=C(OS(=O)(=O)Cc3ccc(F)cc3)C2=O)cc1F. The molecule has 0 spiro atoms. The minimum absolute atomic E-state index is 0.181. The molecule has 1 unspecified atom stereocenters. The number of carbonyl (C=O) groups excluding carboxylic acids is 1. The van der Waals surface area contributed by atoms with Gasteiger partial charge in [0.2, 0.25) is 17.4 Å². The predicted molar refractivity (Wildman–Crippen MR) is 91.3 cm³/mol. The van der Waals surface area contributed by atoms with Crippen LogP contribution in [-0.2, 0) is 29.6 Å². The largest absolute Gasteiger partial charge is 0.460 e. The van der Waals surface area contributed by atoms with Crippen molar-refractivity contribution < 1.29 is 30.9 Å². The molecule has 9 heteroatoms. The van der Waals surface area contributed by atoms with Crippen LogP contribution in [0.2, 0.25) is 0 Å². The van der Waals surface area contributed by atoms with Gasteiger partial charge in [0.05, 0.1) is 0 Å². The molecule has 3 rings (SSSR count). The van der Waals surface area contributed by atoms with Crippen molar-refractivity contribution in [1.29, 1.82) is 0 Å². The summed E-state index contributed by atoms with van der Waals surface area (Å²) in [6.07, 6.45) is -1.30. The van der Waals surface area contributed by atoms with Gasteiger partial charge in [-0.15, -0.1) is 0 Å². The summed E-state index contributed by atoms with van der Waals surface area (Å²) >= 11 is 0. The number of halogens is 2. The highest BCUT2D eigenvalue weighted by Gasteiger charge is 2.39. The second-order valence-corrected chi connectivity index (χ2v) is 7.55. The molecule has 142 valence electrons. The van der Waals surface area contributed by atoms with Crippen LogP contribution in [0.5, 0.6) is 0 Å². The van der Waals surface area contributed by atoms with E-state index in [0.717, 1.165) is 18.2 Å². The summed E-state index contributed by atoms with van der Waals surface area (Å²) in [5.41, 5.74) is 6.41. The van der Waals surface area contributed by atoms with E-state index in [-0.39, 0.29) is 11.1 Å². The zero-order valence-corrected chi connectivity index (χ0v) is 14.9. The molecule has 0 saturated heterocycles. The minimum atomic E-state index is -4.25. The van der Waals surface area contributed by atoms with Crippen molar-refractivity contribution in [2.45, 2.75) is 18.8 Å². The van der Waals surface area contributed by atoms with Gasteiger partial charge in [0.25, 0.3) is 0 Å². The average Bonchev–Trinajstić information content (AvgIpc) is 2.87. The highest BCUT2D eigenvalue weighted by molar-refractivity contribution is 7.86. The van der Waals surface area contributed by atoms with Gasteiger partial charge < -0.3 is 14.7 Å². The van der Waals surface area contributed by atoms with Crippen LogP contribution < -0.4 is 5.73 Å². The molecule has 2 aromatic carbocycles. The van der Waals surface area contributed by atoms with E-state index >= 15 is 0 Å². The van der Waals surface area contributed by atoms with Gasteiger partial charge in [-0.1, -0.05) is 24.3 Å². The first kappa shape index (κ1) is 18.8. The Morgan fingerprint density at radius 1 is 1.15 bits per heavy atom. The number of ketones is 1. The van der Waals surface area contributed by atoms with Crippen molar-refractivity contribution in [2.75, 3.05) is 0 Å². The molecule has 1 aliphatic heterocycles. The molecule has 6 nitrogen and oxygen atoms in total. The van der Waals surface area contributed by atoms with Crippen LogP contribution in [0, 0.1) is 18.6 Å². The molecule has 1 aliphatic rings. The molecule has 0 aromatic heterocycles. The molecular formula is C18H15F2NO5S. The van der Waals surface area contributed by atoms with E-state index in [0.29, 0.717) is 5.56 Å². The summed E-state index contributed by atoms with van der Waals surface area (Å²) in [5, 5.41) is 0. The van der Waals surface area contributed by atoms with E-state index in [1.807, 2.05) is 0 Å². The fourth-order valence-electron chi connectivity index (χ4n) is 2.49. The Bertz CT molecular complexity index is 1030. The summed E-state index contributed by atoms with van der Waals surface area (Å²) in [5.74, 6) is -3.66. The Kier molecular flexibility index (Phi) is 4.88. The molecule has 1 heterocycles. The van der Waals surface area contributed by atoms with Crippen LogP contribution >= 0.6 is 0 Å². The molecule has 27 heavy (non-hydrogen) atoms. The van der Waals surface area contributed by atoms with Gasteiger partial charge in [0, 0.05) is 5.56 Å². The van der Waals surface area contributed by atoms with E-state index in [9.17, 15) is 22.0 Å². The zero-order chi connectivity index (χ0) is 19.8. The Labute approximate surface area is 154 Å². The van der Waals surface area contributed by atoms with Gasteiger partial charge in [-0.05, 0) is 36.2 Å². The van der Waals surface area contributed by atoms with Gasteiger partial charge in [-0.2, -0.15) is 8.42 Å². The van der Waals surface area contributed by atoms with E-state index < -0.39 is 51.0 Å². The molecule has 0 saturated carbocycles. The lowest BCUT2D eigenvalue weighted by molar-refractivity contribution is -0.123. The van der Waals surface area contributed by atoms with E-state index in [1.54, 1.807) is 6.92 Å². The maximum atomic E-state index is 13.7. The second-order valence-electron chi connectivity index (χ2n) is 5.98. The smallest absolute Gasteiger partial charge is 0.313 e. The Hall–Kier alpha value is -2.94. The van der Waals surface area contributed by atoms with Gasteiger partial charge in [0.1, 0.15) is 17.4 Å². The van der Waals surface area contributed by atoms with Crippen molar-refractivity contribution in [3.05, 3.63) is 82.4 Å². The van der Waals surface area contributed by atoms with Gasteiger partial charge >= 0.3 is 10.1 Å². The van der Waals surface area contributed by atoms with Crippen molar-refractivity contribution in [3.8, 4) is 0 Å². The van der Waals surface area contributed by atoms with Gasteiger partial charge in [0.15, 0.2) is 6.10 Å². The number of benzene rings is 2. The molecule has 0 fully saturated rings. The first-order valence-electron chi connectivity index (χ1n) is 7.79. The van der Waals surface area contributed by atoms with Crippen LogP contribution in [0.3, 0.4) is 0 Å². The molecule has 0 aliphatic carbocycles. The number of ether oxygens (including phenoxy) is 1. The van der Waals surface area contributed by atoms with Crippen LogP contribution in [0.1, 0.15) is 22.8 Å². The molecule has 2 aromatic rings. The van der Waals surface area contributed by atoms with Crippen LogP contribution in [0.4, 0.5) is 8.78 Å². The van der Waals surface area contributed by atoms with Crippen molar-refractivity contribution in [3.63, 3.8) is 0 Å². The summed E-state index contributed by atoms with van der Waals surface area (Å²) in [6, 6.07) is 8.80. The van der Waals surface area contributed by atoms with Gasteiger partial charge in [-0.3, -0.25) is 4.79 Å². The van der Waals surface area contributed by atoms with E-state index in [4.69, 9.17) is 14.7 Å². The first-order chi connectivity index (χ1) is 12.7. The summed E-state index contributed by atoms with van der Waals surface area (Å²) in [6.45, 7) is 1.56. The fourth-order valence-corrected chi connectivity index (χ4v) is 3.57. The van der Waals surface area contributed by atoms with Crippen LogP contribution in [-0.4, -0.2) is 14.2 Å². The monoisotopic (exact) mass is 395 g/mol. The number of hydrogen-bond donors (Lipinski definition) is 1. The Morgan fingerprint density at radius 3 is 2.44 bits per heavy atom. The third-order valence-corrected chi connectivity index (χ3v) is 5.00. The van der Waals surface area contributed by atoms with E-state index in [2.05, 4.69) is 0 Å².